The van der Waals surface area contributed by atoms with E-state index >= 15 is 0 Å². The third kappa shape index (κ3) is 6.21. The van der Waals surface area contributed by atoms with Gasteiger partial charge in [0.2, 0.25) is 5.91 Å². The lowest BCUT2D eigenvalue weighted by Crippen LogP contribution is -2.47. The molecule has 0 radical (unpaired) electrons. The normalized spacial score (nSPS) is 11.8. The number of ether oxygens (including phenoxy) is 1. The molecule has 0 bridgehead atoms. The van der Waals surface area contributed by atoms with Crippen molar-refractivity contribution in [2.75, 3.05) is 13.6 Å². The second-order valence-corrected chi connectivity index (χ2v) is 7.95. The molecule has 0 aliphatic carbocycles. The topological polar surface area (TPSA) is 58.6 Å². The zero-order valence-electron chi connectivity index (χ0n) is 14.9. The van der Waals surface area contributed by atoms with Crippen LogP contribution in [0.2, 0.25) is 10.0 Å². The molecule has 24 heavy (non-hydrogen) atoms. The lowest BCUT2D eigenvalue weighted by atomic mass is 9.94. The van der Waals surface area contributed by atoms with Crippen molar-refractivity contribution in [3.05, 3.63) is 33.8 Å². The Kier molecular flexibility index (Phi) is 6.53. The summed E-state index contributed by atoms with van der Waals surface area (Å²) in [5.74, 6) is -0.306. The van der Waals surface area contributed by atoms with Gasteiger partial charge in [-0.3, -0.25) is 4.79 Å². The summed E-state index contributed by atoms with van der Waals surface area (Å²) in [5, 5.41) is 3.75. The molecule has 0 aliphatic rings. The van der Waals surface area contributed by atoms with Crippen LogP contribution in [0.25, 0.3) is 0 Å². The van der Waals surface area contributed by atoms with Crippen LogP contribution < -0.4 is 5.32 Å². The van der Waals surface area contributed by atoms with E-state index in [9.17, 15) is 9.59 Å². The van der Waals surface area contributed by atoms with Crippen molar-refractivity contribution in [2.24, 2.45) is 0 Å². The summed E-state index contributed by atoms with van der Waals surface area (Å²) in [6.07, 6.45) is -0.551. The smallest absolute Gasteiger partial charge is 0.410 e. The molecular weight excluding hydrogens is 351 g/mol. The van der Waals surface area contributed by atoms with Gasteiger partial charge < -0.3 is 15.0 Å². The summed E-state index contributed by atoms with van der Waals surface area (Å²) in [6.45, 7) is 8.89. The van der Waals surface area contributed by atoms with E-state index in [2.05, 4.69) is 5.32 Å². The molecule has 0 unspecified atom stereocenters. The largest absolute Gasteiger partial charge is 0.444 e. The molecule has 1 N–H and O–H groups in total. The molecule has 0 spiro atoms. The van der Waals surface area contributed by atoms with Crippen LogP contribution in [0.15, 0.2) is 18.2 Å². The third-order valence-electron chi connectivity index (χ3n) is 3.18. The average molecular weight is 375 g/mol. The average Bonchev–Trinajstić information content (AvgIpc) is 2.38. The molecule has 0 atom stereocenters. The van der Waals surface area contributed by atoms with Gasteiger partial charge in [0.1, 0.15) is 12.1 Å². The van der Waals surface area contributed by atoms with Crippen molar-refractivity contribution in [3.8, 4) is 0 Å². The van der Waals surface area contributed by atoms with Gasteiger partial charge in [0.25, 0.3) is 0 Å². The van der Waals surface area contributed by atoms with E-state index in [4.69, 9.17) is 27.9 Å². The van der Waals surface area contributed by atoms with E-state index in [0.717, 1.165) is 5.56 Å². The molecule has 2 amide bonds. The predicted molar refractivity (Wildman–Crippen MR) is 96.5 cm³/mol. The van der Waals surface area contributed by atoms with E-state index in [0.29, 0.717) is 10.0 Å². The predicted octanol–water partition coefficient (Wildman–Crippen LogP) is 4.21. The first-order valence-corrected chi connectivity index (χ1v) is 8.28. The highest BCUT2D eigenvalue weighted by Gasteiger charge is 2.26. The number of amides is 2. The number of likely N-dealkylation sites (N-methyl/N-ethyl adjacent to an activating group) is 1. The quantitative estimate of drug-likeness (QED) is 0.858. The Morgan fingerprint density at radius 2 is 1.71 bits per heavy atom. The standard InChI is InChI=1S/C17H24Cl2N2O3/c1-16(2,3)24-15(23)21(6)10-14(22)20-17(4,5)11-7-8-12(18)13(19)9-11/h7-9H,10H2,1-6H3,(H,20,22). The van der Waals surface area contributed by atoms with Crippen molar-refractivity contribution >= 4 is 35.2 Å². The number of benzene rings is 1. The lowest BCUT2D eigenvalue weighted by Gasteiger charge is -2.29. The van der Waals surface area contributed by atoms with Gasteiger partial charge in [-0.1, -0.05) is 29.3 Å². The summed E-state index contributed by atoms with van der Waals surface area (Å²) in [6, 6.07) is 5.19. The second-order valence-electron chi connectivity index (χ2n) is 7.14. The Balaban J connectivity index is 2.72. The van der Waals surface area contributed by atoms with Crippen LogP contribution in [-0.4, -0.2) is 36.1 Å². The summed E-state index contributed by atoms with van der Waals surface area (Å²) in [5.41, 5.74) is -0.466. The molecule has 0 fully saturated rings. The van der Waals surface area contributed by atoms with Crippen molar-refractivity contribution in [2.45, 2.75) is 45.8 Å². The van der Waals surface area contributed by atoms with Gasteiger partial charge in [-0.15, -0.1) is 0 Å². The van der Waals surface area contributed by atoms with Crippen LogP contribution in [0.4, 0.5) is 4.79 Å². The van der Waals surface area contributed by atoms with Gasteiger partial charge >= 0.3 is 6.09 Å². The molecular formula is C17H24Cl2N2O3. The van der Waals surface area contributed by atoms with E-state index < -0.39 is 17.2 Å². The van der Waals surface area contributed by atoms with Crippen LogP contribution in [0, 0.1) is 0 Å². The molecule has 0 saturated carbocycles. The van der Waals surface area contributed by atoms with Crippen molar-refractivity contribution < 1.29 is 14.3 Å². The number of carbonyl (C=O) groups is 2. The van der Waals surface area contributed by atoms with E-state index in [1.165, 1.54) is 11.9 Å². The van der Waals surface area contributed by atoms with E-state index in [1.54, 1.807) is 39.0 Å². The number of hydrogen-bond donors (Lipinski definition) is 1. The number of halogens is 2. The van der Waals surface area contributed by atoms with Crippen LogP contribution >= 0.6 is 23.2 Å². The van der Waals surface area contributed by atoms with Gasteiger partial charge in [0, 0.05) is 7.05 Å². The van der Waals surface area contributed by atoms with Crippen LogP contribution in [0.1, 0.15) is 40.2 Å². The highest BCUT2D eigenvalue weighted by atomic mass is 35.5. The number of rotatable bonds is 4. The fourth-order valence-electron chi connectivity index (χ4n) is 1.96. The van der Waals surface area contributed by atoms with Crippen molar-refractivity contribution in [1.29, 1.82) is 0 Å². The molecule has 1 aromatic rings. The molecule has 0 saturated heterocycles. The summed E-state index contributed by atoms with van der Waals surface area (Å²) < 4.78 is 5.22. The molecule has 134 valence electrons. The molecule has 7 heteroatoms. The molecule has 0 aliphatic heterocycles. The molecule has 0 heterocycles. The first kappa shape index (κ1) is 20.6. The Hall–Kier alpha value is -1.46. The Morgan fingerprint density at radius 1 is 1.12 bits per heavy atom. The highest BCUT2D eigenvalue weighted by Crippen LogP contribution is 2.28. The number of carbonyl (C=O) groups excluding carboxylic acids is 2. The van der Waals surface area contributed by atoms with Gasteiger partial charge in [-0.25, -0.2) is 4.79 Å². The van der Waals surface area contributed by atoms with Crippen LogP contribution in [-0.2, 0) is 15.1 Å². The van der Waals surface area contributed by atoms with Crippen LogP contribution in [0.5, 0.6) is 0 Å². The Bertz CT molecular complexity index is 625. The number of hydrogen-bond acceptors (Lipinski definition) is 3. The fourth-order valence-corrected chi connectivity index (χ4v) is 2.26. The molecule has 1 aromatic carbocycles. The molecule has 0 aromatic heterocycles. The minimum atomic E-state index is -0.667. The van der Waals surface area contributed by atoms with Gasteiger partial charge in [0.15, 0.2) is 0 Å². The SMILES string of the molecule is CN(CC(=O)NC(C)(C)c1ccc(Cl)c(Cl)c1)C(=O)OC(C)(C)C. The second kappa shape index (κ2) is 7.62. The summed E-state index contributed by atoms with van der Waals surface area (Å²) in [4.78, 5) is 25.4. The molecule has 5 nitrogen and oxygen atoms in total. The van der Waals surface area contributed by atoms with Gasteiger partial charge in [0.05, 0.1) is 15.6 Å². The summed E-state index contributed by atoms with van der Waals surface area (Å²) in [7, 11) is 1.51. The highest BCUT2D eigenvalue weighted by molar-refractivity contribution is 6.42. The minimum Gasteiger partial charge on any atom is -0.444 e. The number of nitrogens with zero attached hydrogens (tertiary/aromatic N) is 1. The zero-order valence-corrected chi connectivity index (χ0v) is 16.4. The number of nitrogens with one attached hydrogen (secondary N) is 1. The monoisotopic (exact) mass is 374 g/mol. The first-order chi connectivity index (χ1) is 10.8. The molecule has 1 rings (SSSR count). The van der Waals surface area contributed by atoms with E-state index in [1.807, 2.05) is 13.8 Å². The van der Waals surface area contributed by atoms with Gasteiger partial charge in [-0.2, -0.15) is 0 Å². The maximum absolute atomic E-state index is 12.2. The first-order valence-electron chi connectivity index (χ1n) is 7.52. The van der Waals surface area contributed by atoms with Gasteiger partial charge in [-0.05, 0) is 52.3 Å². The van der Waals surface area contributed by atoms with Crippen LogP contribution in [0.3, 0.4) is 0 Å². The minimum absolute atomic E-state index is 0.111. The maximum atomic E-state index is 12.2. The fraction of sp³-hybridized carbons (Fsp3) is 0.529. The Morgan fingerprint density at radius 3 is 2.21 bits per heavy atom. The zero-order chi connectivity index (χ0) is 18.7. The van der Waals surface area contributed by atoms with Crippen molar-refractivity contribution in [3.63, 3.8) is 0 Å². The van der Waals surface area contributed by atoms with Crippen molar-refractivity contribution in [1.82, 2.24) is 10.2 Å². The summed E-state index contributed by atoms with van der Waals surface area (Å²) >= 11 is 11.9. The Labute approximate surface area is 153 Å². The lowest BCUT2D eigenvalue weighted by molar-refractivity contribution is -0.123. The van der Waals surface area contributed by atoms with E-state index in [-0.39, 0.29) is 12.5 Å². The third-order valence-corrected chi connectivity index (χ3v) is 3.92. The maximum Gasteiger partial charge on any atom is 0.410 e.